The fourth-order valence-electron chi connectivity index (χ4n) is 4.64. The summed E-state index contributed by atoms with van der Waals surface area (Å²) in [6.07, 6.45) is 0. The van der Waals surface area contributed by atoms with Gasteiger partial charge >= 0.3 is 7.12 Å². The van der Waals surface area contributed by atoms with Gasteiger partial charge in [-0.2, -0.15) is 0 Å². The number of benzene rings is 4. The summed E-state index contributed by atoms with van der Waals surface area (Å²) in [6.45, 7) is 8.30. The summed E-state index contributed by atoms with van der Waals surface area (Å²) in [7, 11) is -0.383. The van der Waals surface area contributed by atoms with E-state index in [-0.39, 0.29) is 18.3 Å². The van der Waals surface area contributed by atoms with E-state index in [1.54, 1.807) is 0 Å². The van der Waals surface area contributed by atoms with Crippen LogP contribution in [0.4, 0.5) is 17.1 Å². The monoisotopic (exact) mass is 461 g/mol. The second-order valence-electron chi connectivity index (χ2n) is 10.1. The van der Waals surface area contributed by atoms with Crippen molar-refractivity contribution in [1.29, 1.82) is 0 Å². The molecule has 35 heavy (non-hydrogen) atoms. The van der Waals surface area contributed by atoms with Crippen molar-refractivity contribution in [3.8, 4) is 0 Å². The third kappa shape index (κ3) is 3.72. The van der Waals surface area contributed by atoms with Crippen LogP contribution in [0.25, 0.3) is 21.9 Å². The Labute approximate surface area is 206 Å². The largest absolute Gasteiger partial charge is 0.494 e. The Morgan fingerprint density at radius 2 is 1.14 bits per heavy atom. The number of para-hydroxylation sites is 2. The van der Waals surface area contributed by atoms with Gasteiger partial charge in [0.1, 0.15) is 11.2 Å². The molecular formula is C30H28BNO3. The van der Waals surface area contributed by atoms with Crippen LogP contribution in [0, 0.1) is 0 Å². The standard InChI is InChI=1S/C30H28BNO3/c1-29(2)30(3,4)35-31(34-29)21-14-16-23(17-15-21)32(22-10-6-5-7-11-22)24-18-19-26-25-12-8-9-13-27(25)33-28(26)20-24/h5-20H,1-4H3. The first-order chi connectivity index (χ1) is 16.8. The van der Waals surface area contributed by atoms with E-state index >= 15 is 0 Å². The maximum absolute atomic E-state index is 6.25. The normalized spacial score (nSPS) is 16.7. The third-order valence-corrected chi connectivity index (χ3v) is 7.31. The molecule has 6 rings (SSSR count). The van der Waals surface area contributed by atoms with E-state index in [2.05, 4.69) is 105 Å². The van der Waals surface area contributed by atoms with E-state index in [0.29, 0.717) is 0 Å². The molecule has 0 unspecified atom stereocenters. The minimum Gasteiger partial charge on any atom is -0.456 e. The van der Waals surface area contributed by atoms with Crippen LogP contribution < -0.4 is 10.4 Å². The zero-order valence-corrected chi connectivity index (χ0v) is 20.5. The van der Waals surface area contributed by atoms with Gasteiger partial charge in [0.15, 0.2) is 0 Å². The molecule has 0 bridgehead atoms. The van der Waals surface area contributed by atoms with Crippen LogP contribution >= 0.6 is 0 Å². The molecule has 1 aromatic heterocycles. The molecule has 0 amide bonds. The van der Waals surface area contributed by atoms with Gasteiger partial charge in [0.25, 0.3) is 0 Å². The van der Waals surface area contributed by atoms with Gasteiger partial charge in [-0.05, 0) is 75.6 Å². The summed E-state index contributed by atoms with van der Waals surface area (Å²) in [6, 6.07) is 33.4. The number of hydrogen-bond acceptors (Lipinski definition) is 4. The predicted octanol–water partition coefficient (Wildman–Crippen LogP) is 7.36. The Balaban J connectivity index is 1.40. The molecule has 0 radical (unpaired) electrons. The van der Waals surface area contributed by atoms with E-state index in [4.69, 9.17) is 13.7 Å². The highest BCUT2D eigenvalue weighted by molar-refractivity contribution is 6.62. The maximum Gasteiger partial charge on any atom is 0.494 e. The molecule has 4 aromatic carbocycles. The Kier molecular flexibility index (Phi) is 5.03. The molecule has 1 fully saturated rings. The minimum absolute atomic E-state index is 0.367. The second-order valence-corrected chi connectivity index (χ2v) is 10.1. The fourth-order valence-corrected chi connectivity index (χ4v) is 4.64. The molecule has 1 aliphatic heterocycles. The first-order valence-electron chi connectivity index (χ1n) is 12.0. The van der Waals surface area contributed by atoms with E-state index < -0.39 is 0 Å². The lowest BCUT2D eigenvalue weighted by Crippen LogP contribution is -2.41. The minimum atomic E-state index is -0.383. The number of hydrogen-bond donors (Lipinski definition) is 0. The van der Waals surface area contributed by atoms with Crippen LogP contribution in [0.15, 0.2) is 101 Å². The quantitative estimate of drug-likeness (QED) is 0.262. The first kappa shape index (κ1) is 22.0. The van der Waals surface area contributed by atoms with Crippen LogP contribution in [-0.4, -0.2) is 18.3 Å². The van der Waals surface area contributed by atoms with Crippen LogP contribution in [0.5, 0.6) is 0 Å². The summed E-state index contributed by atoms with van der Waals surface area (Å²) in [5, 5.41) is 2.25. The van der Waals surface area contributed by atoms with Gasteiger partial charge in [-0.15, -0.1) is 0 Å². The van der Waals surface area contributed by atoms with E-state index in [1.165, 1.54) is 0 Å². The lowest BCUT2D eigenvalue weighted by atomic mass is 9.79. The third-order valence-electron chi connectivity index (χ3n) is 7.31. The van der Waals surface area contributed by atoms with Crippen molar-refractivity contribution in [2.45, 2.75) is 38.9 Å². The zero-order valence-electron chi connectivity index (χ0n) is 20.5. The van der Waals surface area contributed by atoms with E-state index in [1.807, 2.05) is 24.3 Å². The van der Waals surface area contributed by atoms with Crippen molar-refractivity contribution in [3.63, 3.8) is 0 Å². The summed E-state index contributed by atoms with van der Waals surface area (Å²) in [5.41, 5.74) is 5.21. The second kappa shape index (κ2) is 8.01. The molecule has 0 aliphatic carbocycles. The van der Waals surface area contributed by atoms with Gasteiger partial charge in [0, 0.05) is 33.9 Å². The van der Waals surface area contributed by atoms with E-state index in [9.17, 15) is 0 Å². The van der Waals surface area contributed by atoms with Crippen molar-refractivity contribution in [2.75, 3.05) is 4.90 Å². The lowest BCUT2D eigenvalue weighted by molar-refractivity contribution is 0.00578. The molecule has 0 N–H and O–H groups in total. The van der Waals surface area contributed by atoms with Crippen LogP contribution in [0.2, 0.25) is 0 Å². The first-order valence-corrected chi connectivity index (χ1v) is 12.0. The molecule has 174 valence electrons. The van der Waals surface area contributed by atoms with Crippen molar-refractivity contribution in [1.82, 2.24) is 0 Å². The summed E-state index contributed by atoms with van der Waals surface area (Å²) in [4.78, 5) is 2.24. The van der Waals surface area contributed by atoms with Crippen molar-refractivity contribution >= 4 is 51.6 Å². The molecular weight excluding hydrogens is 433 g/mol. The highest BCUT2D eigenvalue weighted by Crippen LogP contribution is 2.39. The number of furan rings is 1. The summed E-state index contributed by atoms with van der Waals surface area (Å²) < 4.78 is 18.7. The summed E-state index contributed by atoms with van der Waals surface area (Å²) in [5.74, 6) is 0. The Morgan fingerprint density at radius 1 is 0.571 bits per heavy atom. The van der Waals surface area contributed by atoms with Gasteiger partial charge in [-0.1, -0.05) is 48.5 Å². The molecule has 0 saturated carbocycles. The fraction of sp³-hybridized carbons (Fsp3) is 0.200. The number of nitrogens with zero attached hydrogens (tertiary/aromatic N) is 1. The van der Waals surface area contributed by atoms with Gasteiger partial charge in [-0.25, -0.2) is 0 Å². The molecule has 4 nitrogen and oxygen atoms in total. The molecule has 5 aromatic rings. The predicted molar refractivity (Wildman–Crippen MR) is 144 cm³/mol. The maximum atomic E-state index is 6.25. The van der Waals surface area contributed by atoms with E-state index in [0.717, 1.165) is 44.5 Å². The van der Waals surface area contributed by atoms with Crippen molar-refractivity contribution in [3.05, 3.63) is 97.1 Å². The molecule has 2 heterocycles. The number of fused-ring (bicyclic) bond motifs is 3. The highest BCUT2D eigenvalue weighted by atomic mass is 16.7. The van der Waals surface area contributed by atoms with Crippen LogP contribution in [-0.2, 0) is 9.31 Å². The molecule has 5 heteroatoms. The van der Waals surface area contributed by atoms with Gasteiger partial charge < -0.3 is 18.6 Å². The van der Waals surface area contributed by atoms with Crippen LogP contribution in [0.1, 0.15) is 27.7 Å². The number of anilines is 3. The Hall–Kier alpha value is -3.54. The average Bonchev–Trinajstić information content (AvgIpc) is 3.33. The summed E-state index contributed by atoms with van der Waals surface area (Å²) >= 11 is 0. The lowest BCUT2D eigenvalue weighted by Gasteiger charge is -2.32. The van der Waals surface area contributed by atoms with Gasteiger partial charge in [-0.3, -0.25) is 0 Å². The smallest absolute Gasteiger partial charge is 0.456 e. The van der Waals surface area contributed by atoms with Gasteiger partial charge in [0.2, 0.25) is 0 Å². The highest BCUT2D eigenvalue weighted by Gasteiger charge is 2.51. The Morgan fingerprint density at radius 3 is 1.86 bits per heavy atom. The molecule has 1 saturated heterocycles. The van der Waals surface area contributed by atoms with Crippen molar-refractivity contribution < 1.29 is 13.7 Å². The Bertz CT molecular complexity index is 1490. The molecule has 0 spiro atoms. The zero-order chi connectivity index (χ0) is 24.2. The van der Waals surface area contributed by atoms with Crippen molar-refractivity contribution in [2.24, 2.45) is 0 Å². The molecule has 1 aliphatic rings. The molecule has 0 atom stereocenters. The SMILES string of the molecule is CC1(C)OB(c2ccc(N(c3ccccc3)c3ccc4c(c3)oc3ccccc34)cc2)OC1(C)C. The van der Waals surface area contributed by atoms with Crippen LogP contribution in [0.3, 0.4) is 0 Å². The topological polar surface area (TPSA) is 34.8 Å². The van der Waals surface area contributed by atoms with Gasteiger partial charge in [0.05, 0.1) is 11.2 Å². The number of rotatable bonds is 4. The average molecular weight is 461 g/mol.